The number of hydrogen-bond acceptors (Lipinski definition) is 2. The van der Waals surface area contributed by atoms with Crippen molar-refractivity contribution in [3.8, 4) is 50.2 Å². The van der Waals surface area contributed by atoms with Gasteiger partial charge in [-0.05, 0) is 118 Å². The molecule has 0 unspecified atom stereocenters. The van der Waals surface area contributed by atoms with Crippen LogP contribution in [0.1, 0.15) is 6.85 Å². The second-order valence-corrected chi connectivity index (χ2v) is 15.7. The highest BCUT2D eigenvalue weighted by molar-refractivity contribution is 6.16. The van der Waals surface area contributed by atoms with E-state index in [1.165, 1.54) is 0 Å². The van der Waals surface area contributed by atoms with Crippen LogP contribution in [0.3, 0.4) is 0 Å². The Bertz CT molecular complexity index is 3890. The minimum atomic E-state index is -0.424. The Hall–Kier alpha value is -8.40. The van der Waals surface area contributed by atoms with Gasteiger partial charge in [-0.15, -0.1) is 0 Å². The van der Waals surface area contributed by atoms with E-state index in [2.05, 4.69) is 167 Å². The fourth-order valence-electron chi connectivity index (χ4n) is 9.22. The number of hydrogen-bond donors (Lipinski definition) is 0. The van der Waals surface area contributed by atoms with Crippen LogP contribution < -0.4 is 4.90 Å². The highest BCUT2D eigenvalue weighted by Gasteiger charge is 2.21. The molecule has 0 bridgehead atoms. The number of nitrogens with zero attached hydrogens (tertiary/aromatic N) is 2. The summed E-state index contributed by atoms with van der Waals surface area (Å²) in [6, 6.07) is 71.1. The third-order valence-corrected chi connectivity index (χ3v) is 12.1. The summed E-state index contributed by atoms with van der Waals surface area (Å²) < 4.78 is 52.5. The molecule has 0 spiro atoms. The van der Waals surface area contributed by atoms with E-state index in [0.717, 1.165) is 99.9 Å². The second kappa shape index (κ2) is 15.3. The summed E-state index contributed by atoms with van der Waals surface area (Å²) in [6.07, 6.45) is 0. The first kappa shape index (κ1) is 31.5. The Morgan fingerprint density at radius 3 is 1.83 bits per heavy atom. The van der Waals surface area contributed by atoms with Crippen molar-refractivity contribution in [1.29, 1.82) is 0 Å². The van der Waals surface area contributed by atoms with Crippen molar-refractivity contribution in [2.45, 2.75) is 0 Å². The van der Waals surface area contributed by atoms with Gasteiger partial charge >= 0.3 is 0 Å². The summed E-state index contributed by atoms with van der Waals surface area (Å²) in [7, 11) is 0. The molecule has 0 aliphatic rings. The average Bonchev–Trinajstić information content (AvgIpc) is 3.94. The highest BCUT2D eigenvalue weighted by atomic mass is 16.3. The Morgan fingerprint density at radius 2 is 1.00 bits per heavy atom. The van der Waals surface area contributed by atoms with E-state index in [4.69, 9.17) is 11.3 Å². The third-order valence-electron chi connectivity index (χ3n) is 12.1. The van der Waals surface area contributed by atoms with Crippen molar-refractivity contribution < 1.29 is 11.3 Å². The molecule has 2 heterocycles. The van der Waals surface area contributed by atoms with Crippen LogP contribution in [0.15, 0.2) is 247 Å². The lowest BCUT2D eigenvalue weighted by atomic mass is 9.91. The molecule has 0 radical (unpaired) electrons. The molecule has 2 aromatic heterocycles. The zero-order valence-electron chi connectivity index (χ0n) is 39.0. The highest BCUT2D eigenvalue weighted by Crippen LogP contribution is 2.45. The molecule has 12 rings (SSSR count). The molecule has 0 atom stereocenters. The quantitative estimate of drug-likeness (QED) is 0.152. The second-order valence-electron chi connectivity index (χ2n) is 15.7. The van der Waals surface area contributed by atoms with Crippen molar-refractivity contribution in [3.63, 3.8) is 0 Å². The molecule has 3 heteroatoms. The molecule has 3 nitrogen and oxygen atoms in total. The molecule has 0 saturated carbocycles. The van der Waals surface area contributed by atoms with E-state index in [1.807, 2.05) is 54.6 Å². The maximum atomic E-state index is 9.07. The van der Waals surface area contributed by atoms with Gasteiger partial charge in [0.05, 0.1) is 23.6 Å². The minimum Gasteiger partial charge on any atom is -0.456 e. The number of rotatable bonds is 8. The molecule has 63 heavy (non-hydrogen) atoms. The van der Waals surface area contributed by atoms with Gasteiger partial charge in [-0.25, -0.2) is 0 Å². The number of para-hydroxylation sites is 4. The van der Waals surface area contributed by atoms with Crippen LogP contribution in [-0.4, -0.2) is 4.57 Å². The largest absolute Gasteiger partial charge is 0.456 e. The SMILES string of the molecule is [2H]c1c([2H])c([2H])c(-c2cc(-c3ccc(N(c4ccc5c(c4)oc4ccccc45)c4ccccc4-c4ccccc4)cc3)cc(-c3cccc4c3c3ccccc3n4-c3ccccc3)c2)c([2H])c1[2H]. The molecule has 0 aliphatic heterocycles. The zero-order valence-corrected chi connectivity index (χ0v) is 34.0. The van der Waals surface area contributed by atoms with E-state index >= 15 is 0 Å². The number of furan rings is 1. The van der Waals surface area contributed by atoms with Crippen LogP contribution >= 0.6 is 0 Å². The summed E-state index contributed by atoms with van der Waals surface area (Å²) in [5.74, 6) is 0. The van der Waals surface area contributed by atoms with Gasteiger partial charge in [0.2, 0.25) is 0 Å². The smallest absolute Gasteiger partial charge is 0.137 e. The van der Waals surface area contributed by atoms with Crippen molar-refractivity contribution in [2.75, 3.05) is 4.90 Å². The maximum absolute atomic E-state index is 9.07. The summed E-state index contributed by atoms with van der Waals surface area (Å²) in [5, 5.41) is 4.25. The fraction of sp³-hybridized carbons (Fsp3) is 0. The third kappa shape index (κ3) is 6.38. The number of aromatic nitrogens is 1. The van der Waals surface area contributed by atoms with Crippen molar-refractivity contribution in [3.05, 3.63) is 243 Å². The summed E-state index contributed by atoms with van der Waals surface area (Å²) >= 11 is 0. The van der Waals surface area contributed by atoms with Gasteiger partial charge in [-0.2, -0.15) is 0 Å². The minimum absolute atomic E-state index is 0.152. The topological polar surface area (TPSA) is 21.3 Å². The van der Waals surface area contributed by atoms with Crippen LogP contribution in [0.5, 0.6) is 0 Å². The van der Waals surface area contributed by atoms with Gasteiger partial charge < -0.3 is 13.9 Å². The fourth-order valence-corrected chi connectivity index (χ4v) is 9.22. The van der Waals surface area contributed by atoms with Crippen LogP contribution in [0.2, 0.25) is 0 Å². The van der Waals surface area contributed by atoms with E-state index < -0.39 is 6.04 Å². The molecule has 0 saturated heterocycles. The molecular weight excluding hydrogens is 765 g/mol. The summed E-state index contributed by atoms with van der Waals surface area (Å²) in [5.41, 5.74) is 14.0. The van der Waals surface area contributed by atoms with Gasteiger partial charge in [0.25, 0.3) is 0 Å². The van der Waals surface area contributed by atoms with Crippen molar-refractivity contribution in [1.82, 2.24) is 4.57 Å². The first-order chi connectivity index (χ1) is 33.3. The van der Waals surface area contributed by atoms with E-state index in [1.54, 1.807) is 0 Å². The molecule has 0 N–H and O–H groups in total. The normalized spacial score (nSPS) is 12.6. The van der Waals surface area contributed by atoms with Crippen LogP contribution in [-0.2, 0) is 0 Å². The number of fused-ring (bicyclic) bond motifs is 6. The average molecular weight is 810 g/mol. The number of benzene rings is 10. The maximum Gasteiger partial charge on any atom is 0.137 e. The Balaban J connectivity index is 1.06. The number of anilines is 3. The molecule has 0 aliphatic carbocycles. The molecule has 12 aromatic rings. The monoisotopic (exact) mass is 809 g/mol. The van der Waals surface area contributed by atoms with Crippen molar-refractivity contribution >= 4 is 60.8 Å². The first-order valence-electron chi connectivity index (χ1n) is 23.6. The molecular formula is C60H40N2O. The predicted octanol–water partition coefficient (Wildman–Crippen LogP) is 16.8. The van der Waals surface area contributed by atoms with Gasteiger partial charge in [0.15, 0.2) is 0 Å². The lowest BCUT2D eigenvalue weighted by molar-refractivity contribution is 0.669. The van der Waals surface area contributed by atoms with Gasteiger partial charge in [-0.3, -0.25) is 0 Å². The van der Waals surface area contributed by atoms with Gasteiger partial charge in [0, 0.05) is 50.2 Å². The lowest BCUT2D eigenvalue weighted by Crippen LogP contribution is -2.11. The first-order valence-corrected chi connectivity index (χ1v) is 21.1. The Morgan fingerprint density at radius 1 is 0.381 bits per heavy atom. The zero-order chi connectivity index (χ0) is 46.0. The van der Waals surface area contributed by atoms with Crippen LogP contribution in [0.4, 0.5) is 17.1 Å². The molecule has 296 valence electrons. The van der Waals surface area contributed by atoms with Crippen molar-refractivity contribution in [2.24, 2.45) is 0 Å². The van der Waals surface area contributed by atoms with E-state index in [0.29, 0.717) is 5.56 Å². The summed E-state index contributed by atoms with van der Waals surface area (Å²) in [6.45, 7) is 0. The van der Waals surface area contributed by atoms with Crippen LogP contribution in [0.25, 0.3) is 93.9 Å². The lowest BCUT2D eigenvalue weighted by Gasteiger charge is -2.28. The molecule has 10 aromatic carbocycles. The van der Waals surface area contributed by atoms with E-state index in [9.17, 15) is 0 Å². The van der Waals surface area contributed by atoms with E-state index in [-0.39, 0.29) is 29.7 Å². The van der Waals surface area contributed by atoms with Crippen LogP contribution in [0, 0.1) is 0 Å². The predicted molar refractivity (Wildman–Crippen MR) is 264 cm³/mol. The molecule has 0 amide bonds. The van der Waals surface area contributed by atoms with Gasteiger partial charge in [0.1, 0.15) is 11.2 Å². The standard InChI is InChI=1S/C60H40N2O/c1-4-17-41(18-5-1)44-37-45(39-46(38-44)51-26-16-29-57-60(51)54-25-11-14-28-56(54)62(57)47-21-8-3-9-22-47)42-31-33-48(34-32-42)61(55-27-13-10-23-50(55)43-19-6-2-7-20-43)49-35-36-53-52-24-12-15-30-58(52)63-59(53)40-49/h1-40H/i1D,4D,5D,17D,18D. The Kier molecular flexibility index (Phi) is 7.62. The molecule has 0 fully saturated rings. The summed E-state index contributed by atoms with van der Waals surface area (Å²) in [4.78, 5) is 2.26. The Labute approximate surface area is 373 Å². The van der Waals surface area contributed by atoms with Gasteiger partial charge in [-0.1, -0.05) is 158 Å².